The second-order valence-corrected chi connectivity index (χ2v) is 5.95. The van der Waals surface area contributed by atoms with E-state index < -0.39 is 24.2 Å². The molecule has 0 spiro atoms. The number of aliphatic hydroxyl groups is 1. The first kappa shape index (κ1) is 18.3. The lowest BCUT2D eigenvalue weighted by Crippen LogP contribution is -2.32. The number of aliphatic hydroxyl groups excluding tert-OH is 1. The number of anilines is 1. The molecule has 8 nitrogen and oxygen atoms in total. The van der Waals surface area contributed by atoms with Crippen molar-refractivity contribution < 1.29 is 19.8 Å². The molecule has 3 N–H and O–H groups in total. The molecule has 0 saturated carbocycles. The summed E-state index contributed by atoms with van der Waals surface area (Å²) < 4.78 is 0.911. The fourth-order valence-electron chi connectivity index (χ4n) is 2.84. The largest absolute Gasteiger partial charge is 0.480 e. The molecule has 2 aromatic carbocycles. The first-order chi connectivity index (χ1) is 12.9. The van der Waals surface area contributed by atoms with Gasteiger partial charge in [-0.1, -0.05) is 24.3 Å². The quantitative estimate of drug-likeness (QED) is 0.630. The number of nitrogens with zero attached hydrogens (tertiary/aromatic N) is 2. The van der Waals surface area contributed by atoms with Gasteiger partial charge in [-0.25, -0.2) is 9.78 Å². The van der Waals surface area contributed by atoms with Crippen LogP contribution in [0.1, 0.15) is 13.0 Å². The number of hydrogen-bond acceptors (Lipinski definition) is 5. The van der Waals surface area contributed by atoms with E-state index in [1.807, 2.05) is 0 Å². The number of aromatic nitrogens is 2. The lowest BCUT2D eigenvalue weighted by molar-refractivity contribution is -0.142. The van der Waals surface area contributed by atoms with Gasteiger partial charge in [-0.15, -0.1) is 0 Å². The van der Waals surface area contributed by atoms with Crippen LogP contribution in [-0.2, 0) is 9.59 Å². The zero-order valence-electron chi connectivity index (χ0n) is 14.4. The van der Waals surface area contributed by atoms with Gasteiger partial charge in [0.15, 0.2) is 6.04 Å². The minimum atomic E-state index is -1.39. The zero-order chi connectivity index (χ0) is 19.6. The fourth-order valence-corrected chi connectivity index (χ4v) is 2.84. The maximum absolute atomic E-state index is 12.7. The summed E-state index contributed by atoms with van der Waals surface area (Å²) in [5.74, 6) is -1.49. The van der Waals surface area contributed by atoms with E-state index in [2.05, 4.69) is 10.3 Å². The maximum Gasteiger partial charge on any atom is 0.329 e. The minimum Gasteiger partial charge on any atom is -0.480 e. The number of carboxylic acids is 1. The Bertz CT molecular complexity index is 1070. The van der Waals surface area contributed by atoms with Crippen molar-refractivity contribution in [2.75, 3.05) is 11.9 Å². The molecule has 0 aliphatic rings. The van der Waals surface area contributed by atoms with E-state index >= 15 is 0 Å². The minimum absolute atomic E-state index is 0.174. The van der Waals surface area contributed by atoms with Crippen LogP contribution in [0.4, 0.5) is 5.69 Å². The summed E-state index contributed by atoms with van der Waals surface area (Å²) in [6.45, 7) is 0.705. The van der Waals surface area contributed by atoms with Crippen LogP contribution < -0.4 is 10.9 Å². The number of para-hydroxylation sites is 1. The summed E-state index contributed by atoms with van der Waals surface area (Å²) in [5.41, 5.74) is 2.01. The summed E-state index contributed by atoms with van der Waals surface area (Å²) >= 11 is 0. The highest BCUT2D eigenvalue weighted by Crippen LogP contribution is 2.27. The van der Waals surface area contributed by atoms with Gasteiger partial charge in [0.05, 0.1) is 23.8 Å². The van der Waals surface area contributed by atoms with Crippen LogP contribution >= 0.6 is 0 Å². The predicted molar refractivity (Wildman–Crippen MR) is 99.5 cm³/mol. The number of nitrogens with one attached hydrogen (secondary N) is 1. The van der Waals surface area contributed by atoms with Gasteiger partial charge in [-0.2, -0.15) is 0 Å². The predicted octanol–water partition coefficient (Wildman–Crippen LogP) is 1.64. The standard InChI is InChI=1S/C19H17N3O5/c1-11(24)21-13-7-5-12(6-8-13)14-3-2-4-15-17(14)20-10-22(18(15)25)16(9-23)19(26)27/h2-8,10,16,23H,9H2,1H3,(H,21,24)(H,26,27)/t16-/m0/s1. The number of benzene rings is 2. The number of carbonyl (C=O) groups excluding carboxylic acids is 1. The molecule has 1 atom stereocenters. The topological polar surface area (TPSA) is 122 Å². The van der Waals surface area contributed by atoms with E-state index in [1.165, 1.54) is 6.92 Å². The van der Waals surface area contributed by atoms with Gasteiger partial charge in [0.2, 0.25) is 5.91 Å². The van der Waals surface area contributed by atoms with Crippen LogP contribution in [0.5, 0.6) is 0 Å². The van der Waals surface area contributed by atoms with Crippen molar-refractivity contribution in [2.24, 2.45) is 0 Å². The van der Waals surface area contributed by atoms with E-state index in [-0.39, 0.29) is 11.3 Å². The second-order valence-electron chi connectivity index (χ2n) is 5.95. The molecule has 8 heteroatoms. The smallest absolute Gasteiger partial charge is 0.329 e. The van der Waals surface area contributed by atoms with Gasteiger partial charge in [-0.05, 0) is 23.8 Å². The molecule has 27 heavy (non-hydrogen) atoms. The molecule has 1 heterocycles. The number of hydrogen-bond donors (Lipinski definition) is 3. The molecule has 0 bridgehead atoms. The van der Waals surface area contributed by atoms with E-state index in [4.69, 9.17) is 5.11 Å². The Morgan fingerprint density at radius 1 is 1.19 bits per heavy atom. The van der Waals surface area contributed by atoms with E-state index in [0.29, 0.717) is 16.8 Å². The monoisotopic (exact) mass is 367 g/mol. The van der Waals surface area contributed by atoms with Gasteiger partial charge in [-0.3, -0.25) is 14.2 Å². The lowest BCUT2D eigenvalue weighted by atomic mass is 10.0. The molecule has 0 saturated heterocycles. The SMILES string of the molecule is CC(=O)Nc1ccc(-c2cccc3c(=O)n([C@@H](CO)C(=O)O)cnc23)cc1. The summed E-state index contributed by atoms with van der Waals surface area (Å²) in [6.07, 6.45) is 1.13. The molecule has 3 aromatic rings. The molecular weight excluding hydrogens is 350 g/mol. The lowest BCUT2D eigenvalue weighted by Gasteiger charge is -2.14. The van der Waals surface area contributed by atoms with E-state index in [1.54, 1.807) is 42.5 Å². The molecule has 138 valence electrons. The molecule has 3 rings (SSSR count). The summed E-state index contributed by atoms with van der Waals surface area (Å²) in [7, 11) is 0. The fraction of sp³-hybridized carbons (Fsp3) is 0.158. The van der Waals surface area contributed by atoms with E-state index in [0.717, 1.165) is 16.5 Å². The average Bonchev–Trinajstić information content (AvgIpc) is 2.64. The van der Waals surface area contributed by atoms with Crippen molar-refractivity contribution in [2.45, 2.75) is 13.0 Å². The average molecular weight is 367 g/mol. The summed E-state index contributed by atoms with van der Waals surface area (Å²) in [6, 6.07) is 10.7. The van der Waals surface area contributed by atoms with Crippen molar-refractivity contribution in [3.05, 3.63) is 59.1 Å². The number of fused-ring (bicyclic) bond motifs is 1. The van der Waals surface area contributed by atoms with Crippen molar-refractivity contribution >= 4 is 28.5 Å². The number of amides is 1. The van der Waals surface area contributed by atoms with Crippen molar-refractivity contribution in [3.63, 3.8) is 0 Å². The van der Waals surface area contributed by atoms with Crippen LogP contribution in [0, 0.1) is 0 Å². The van der Waals surface area contributed by atoms with Crippen LogP contribution in [0.2, 0.25) is 0 Å². The number of rotatable bonds is 5. The second kappa shape index (κ2) is 7.38. The molecule has 0 fully saturated rings. The summed E-state index contributed by atoms with van der Waals surface area (Å²) in [5, 5.41) is 21.4. The third-order valence-corrected chi connectivity index (χ3v) is 4.12. The molecule has 1 aromatic heterocycles. The molecular formula is C19H17N3O5. The highest BCUT2D eigenvalue weighted by atomic mass is 16.4. The Morgan fingerprint density at radius 3 is 2.48 bits per heavy atom. The van der Waals surface area contributed by atoms with Crippen molar-refractivity contribution in [1.29, 1.82) is 0 Å². The zero-order valence-corrected chi connectivity index (χ0v) is 14.4. The molecule has 0 aliphatic carbocycles. The van der Waals surface area contributed by atoms with Crippen molar-refractivity contribution in [3.8, 4) is 11.1 Å². The molecule has 0 radical (unpaired) electrons. The van der Waals surface area contributed by atoms with Crippen LogP contribution in [0.25, 0.3) is 22.0 Å². The number of carboxylic acid groups (broad SMARTS) is 1. The third-order valence-electron chi connectivity index (χ3n) is 4.12. The van der Waals surface area contributed by atoms with Gasteiger partial charge in [0.25, 0.3) is 5.56 Å². The highest BCUT2D eigenvalue weighted by molar-refractivity contribution is 5.94. The molecule has 1 amide bonds. The normalized spacial score (nSPS) is 11.9. The van der Waals surface area contributed by atoms with Crippen LogP contribution in [0.3, 0.4) is 0 Å². The van der Waals surface area contributed by atoms with Crippen LogP contribution in [0.15, 0.2) is 53.6 Å². The van der Waals surface area contributed by atoms with Gasteiger partial charge in [0.1, 0.15) is 0 Å². The maximum atomic E-state index is 12.7. The van der Waals surface area contributed by atoms with Crippen molar-refractivity contribution in [1.82, 2.24) is 9.55 Å². The highest BCUT2D eigenvalue weighted by Gasteiger charge is 2.21. The van der Waals surface area contributed by atoms with Gasteiger partial charge in [0, 0.05) is 18.2 Å². The van der Waals surface area contributed by atoms with Gasteiger partial charge < -0.3 is 15.5 Å². The van der Waals surface area contributed by atoms with Gasteiger partial charge >= 0.3 is 5.97 Å². The Labute approximate surface area is 153 Å². The number of aliphatic carboxylic acids is 1. The van der Waals surface area contributed by atoms with Crippen LogP contribution in [-0.4, -0.2) is 38.2 Å². The molecule has 0 unspecified atom stereocenters. The number of carbonyl (C=O) groups is 2. The Morgan fingerprint density at radius 2 is 1.89 bits per heavy atom. The Balaban J connectivity index is 2.11. The Kier molecular flexibility index (Phi) is 5.00. The Hall–Kier alpha value is -3.52. The first-order valence-corrected chi connectivity index (χ1v) is 8.14. The van der Waals surface area contributed by atoms with E-state index in [9.17, 15) is 19.5 Å². The molecule has 0 aliphatic heterocycles. The third kappa shape index (κ3) is 3.56. The first-order valence-electron chi connectivity index (χ1n) is 8.14. The summed E-state index contributed by atoms with van der Waals surface area (Å²) in [4.78, 5) is 39.3.